The van der Waals surface area contributed by atoms with Gasteiger partial charge in [-0.2, -0.15) is 0 Å². The molecule has 1 aliphatic rings. The number of carbonyl (C=O) groups excluding carboxylic acids is 1. The lowest BCUT2D eigenvalue weighted by Crippen LogP contribution is -2.54. The van der Waals surface area contributed by atoms with Crippen LogP contribution in [0, 0.1) is 5.41 Å². The molecule has 0 aromatic carbocycles. The monoisotopic (exact) mass is 241 g/mol. The fourth-order valence-electron chi connectivity index (χ4n) is 2.68. The molecule has 4 nitrogen and oxygen atoms in total. The summed E-state index contributed by atoms with van der Waals surface area (Å²) in [6.07, 6.45) is 2.26. The SMILES string of the molecule is CC(N)C(N(C)CC(=O)NC1CC1)C(C)(C)C. The maximum atomic E-state index is 11.8. The number of rotatable bonds is 5. The van der Waals surface area contributed by atoms with Gasteiger partial charge in [0.15, 0.2) is 0 Å². The zero-order valence-electron chi connectivity index (χ0n) is 11.8. The highest BCUT2D eigenvalue weighted by atomic mass is 16.2. The van der Waals surface area contributed by atoms with Gasteiger partial charge in [0, 0.05) is 18.1 Å². The number of nitrogens with zero attached hydrogens (tertiary/aromatic N) is 1. The van der Waals surface area contributed by atoms with Crippen LogP contribution < -0.4 is 11.1 Å². The molecule has 1 aliphatic carbocycles. The van der Waals surface area contributed by atoms with Crippen LogP contribution in [0.25, 0.3) is 0 Å². The van der Waals surface area contributed by atoms with E-state index in [1.54, 1.807) is 0 Å². The van der Waals surface area contributed by atoms with Crippen molar-refractivity contribution >= 4 is 5.91 Å². The predicted octanol–water partition coefficient (Wildman–Crippen LogP) is 0.959. The fourth-order valence-corrected chi connectivity index (χ4v) is 2.68. The highest BCUT2D eigenvalue weighted by molar-refractivity contribution is 5.78. The third-order valence-electron chi connectivity index (χ3n) is 3.20. The first-order valence-corrected chi connectivity index (χ1v) is 6.47. The smallest absolute Gasteiger partial charge is 0.234 e. The van der Waals surface area contributed by atoms with E-state index >= 15 is 0 Å². The molecule has 100 valence electrons. The van der Waals surface area contributed by atoms with Crippen LogP contribution in [-0.2, 0) is 4.79 Å². The lowest BCUT2D eigenvalue weighted by molar-refractivity contribution is -0.123. The van der Waals surface area contributed by atoms with Gasteiger partial charge in [-0.05, 0) is 32.2 Å². The Morgan fingerprint density at radius 2 is 2.00 bits per heavy atom. The molecule has 1 saturated carbocycles. The van der Waals surface area contributed by atoms with E-state index in [1.807, 2.05) is 14.0 Å². The number of hydrogen-bond acceptors (Lipinski definition) is 3. The molecular formula is C13H27N3O. The van der Waals surface area contributed by atoms with Crippen molar-refractivity contribution in [3.05, 3.63) is 0 Å². The Hall–Kier alpha value is -0.610. The number of amides is 1. The average Bonchev–Trinajstić information content (AvgIpc) is 2.82. The summed E-state index contributed by atoms with van der Waals surface area (Å²) in [5.74, 6) is 0.116. The van der Waals surface area contributed by atoms with Gasteiger partial charge in [0.05, 0.1) is 6.54 Å². The highest BCUT2D eigenvalue weighted by Gasteiger charge is 2.33. The summed E-state index contributed by atoms with van der Waals surface area (Å²) in [4.78, 5) is 13.8. The molecule has 1 rings (SSSR count). The second-order valence-electron chi connectivity index (χ2n) is 6.43. The third kappa shape index (κ3) is 4.64. The summed E-state index contributed by atoms with van der Waals surface area (Å²) in [5.41, 5.74) is 6.11. The summed E-state index contributed by atoms with van der Waals surface area (Å²) in [6, 6.07) is 0.681. The summed E-state index contributed by atoms with van der Waals surface area (Å²) < 4.78 is 0. The second kappa shape index (κ2) is 5.36. The molecule has 0 saturated heterocycles. The summed E-state index contributed by atoms with van der Waals surface area (Å²) in [6.45, 7) is 8.92. The summed E-state index contributed by atoms with van der Waals surface area (Å²) in [7, 11) is 1.98. The minimum atomic E-state index is 0.0497. The van der Waals surface area contributed by atoms with E-state index in [0.29, 0.717) is 12.6 Å². The Balaban J connectivity index is 2.52. The van der Waals surface area contributed by atoms with E-state index in [1.165, 1.54) is 0 Å². The van der Waals surface area contributed by atoms with Crippen molar-refractivity contribution in [2.75, 3.05) is 13.6 Å². The Kier molecular flexibility index (Phi) is 4.55. The van der Waals surface area contributed by atoms with Crippen LogP contribution in [0.4, 0.5) is 0 Å². The second-order valence-corrected chi connectivity index (χ2v) is 6.43. The molecular weight excluding hydrogens is 214 g/mol. The van der Waals surface area contributed by atoms with Crippen LogP contribution in [0.1, 0.15) is 40.5 Å². The minimum Gasteiger partial charge on any atom is -0.352 e. The normalized spacial score (nSPS) is 20.2. The van der Waals surface area contributed by atoms with E-state index in [2.05, 4.69) is 31.0 Å². The van der Waals surface area contributed by atoms with Crippen molar-refractivity contribution in [3.63, 3.8) is 0 Å². The number of carbonyl (C=O) groups is 1. The molecule has 0 aromatic rings. The first-order chi connectivity index (χ1) is 7.71. The Morgan fingerprint density at radius 3 is 2.35 bits per heavy atom. The van der Waals surface area contributed by atoms with E-state index in [4.69, 9.17) is 5.73 Å². The van der Waals surface area contributed by atoms with Gasteiger partial charge < -0.3 is 11.1 Å². The highest BCUT2D eigenvalue weighted by Crippen LogP contribution is 2.25. The molecule has 2 atom stereocenters. The molecule has 17 heavy (non-hydrogen) atoms. The zero-order valence-corrected chi connectivity index (χ0v) is 11.8. The first-order valence-electron chi connectivity index (χ1n) is 6.47. The molecule has 0 heterocycles. The molecule has 1 fully saturated rings. The standard InChI is InChI=1S/C13H27N3O/c1-9(14)12(13(2,3)4)16(5)8-11(17)15-10-6-7-10/h9-10,12H,6-8,14H2,1-5H3,(H,15,17). The molecule has 0 radical (unpaired) electrons. The lowest BCUT2D eigenvalue weighted by atomic mass is 9.82. The molecule has 1 amide bonds. The van der Waals surface area contributed by atoms with Gasteiger partial charge in [-0.25, -0.2) is 0 Å². The van der Waals surface area contributed by atoms with Crippen LogP contribution in [0.5, 0.6) is 0 Å². The van der Waals surface area contributed by atoms with Crippen molar-refractivity contribution in [2.45, 2.75) is 58.7 Å². The predicted molar refractivity (Wildman–Crippen MR) is 70.7 cm³/mol. The molecule has 0 bridgehead atoms. The van der Waals surface area contributed by atoms with Gasteiger partial charge in [0.25, 0.3) is 0 Å². The van der Waals surface area contributed by atoms with Crippen LogP contribution >= 0.6 is 0 Å². The van der Waals surface area contributed by atoms with Crippen LogP contribution in [0.3, 0.4) is 0 Å². The molecule has 0 aliphatic heterocycles. The van der Waals surface area contributed by atoms with Gasteiger partial charge in [-0.3, -0.25) is 9.69 Å². The maximum absolute atomic E-state index is 11.8. The van der Waals surface area contributed by atoms with Gasteiger partial charge in [-0.1, -0.05) is 20.8 Å². The van der Waals surface area contributed by atoms with E-state index in [-0.39, 0.29) is 23.4 Å². The van der Waals surface area contributed by atoms with Crippen LogP contribution in [0.2, 0.25) is 0 Å². The quantitative estimate of drug-likeness (QED) is 0.754. The lowest BCUT2D eigenvalue weighted by Gasteiger charge is -2.40. The minimum absolute atomic E-state index is 0.0497. The maximum Gasteiger partial charge on any atom is 0.234 e. The zero-order chi connectivity index (χ0) is 13.2. The largest absolute Gasteiger partial charge is 0.352 e. The van der Waals surface area contributed by atoms with Gasteiger partial charge in [0.1, 0.15) is 0 Å². The fraction of sp³-hybridized carbons (Fsp3) is 0.923. The average molecular weight is 241 g/mol. The Morgan fingerprint density at radius 1 is 1.47 bits per heavy atom. The number of nitrogens with two attached hydrogens (primary N) is 1. The van der Waals surface area contributed by atoms with Crippen molar-refractivity contribution in [1.82, 2.24) is 10.2 Å². The number of hydrogen-bond donors (Lipinski definition) is 2. The van der Waals surface area contributed by atoms with Crippen molar-refractivity contribution < 1.29 is 4.79 Å². The number of nitrogens with one attached hydrogen (secondary N) is 1. The van der Waals surface area contributed by atoms with Crippen molar-refractivity contribution in [1.29, 1.82) is 0 Å². The van der Waals surface area contributed by atoms with E-state index in [9.17, 15) is 4.79 Å². The summed E-state index contributed by atoms with van der Waals surface area (Å²) >= 11 is 0. The Bertz CT molecular complexity index is 266. The Labute approximate surface area is 105 Å². The van der Waals surface area contributed by atoms with Gasteiger partial charge in [-0.15, -0.1) is 0 Å². The number of likely N-dealkylation sites (N-methyl/N-ethyl adjacent to an activating group) is 1. The molecule has 2 unspecified atom stereocenters. The van der Waals surface area contributed by atoms with Crippen LogP contribution in [0.15, 0.2) is 0 Å². The van der Waals surface area contributed by atoms with E-state index < -0.39 is 0 Å². The van der Waals surface area contributed by atoms with Gasteiger partial charge in [0.2, 0.25) is 5.91 Å². The molecule has 4 heteroatoms. The van der Waals surface area contributed by atoms with Crippen molar-refractivity contribution in [3.8, 4) is 0 Å². The molecule has 0 aromatic heterocycles. The summed E-state index contributed by atoms with van der Waals surface area (Å²) in [5, 5.41) is 3.01. The topological polar surface area (TPSA) is 58.4 Å². The molecule has 0 spiro atoms. The molecule has 3 N–H and O–H groups in total. The van der Waals surface area contributed by atoms with Crippen molar-refractivity contribution in [2.24, 2.45) is 11.1 Å². The first kappa shape index (κ1) is 14.5. The third-order valence-corrected chi connectivity index (χ3v) is 3.20. The van der Waals surface area contributed by atoms with Crippen LogP contribution in [-0.4, -0.2) is 42.5 Å². The van der Waals surface area contributed by atoms with Gasteiger partial charge >= 0.3 is 0 Å². The van der Waals surface area contributed by atoms with E-state index in [0.717, 1.165) is 12.8 Å².